The molecule has 1 amide bonds. The molecule has 3 fully saturated rings. The van der Waals surface area contributed by atoms with Crippen molar-refractivity contribution in [2.45, 2.75) is 45.6 Å². The summed E-state index contributed by atoms with van der Waals surface area (Å²) < 4.78 is 0. The number of hydrogen-bond acceptors (Lipinski definition) is 4. The number of carbonyl (C=O) groups is 1. The third-order valence-corrected chi connectivity index (χ3v) is 6.14. The van der Waals surface area contributed by atoms with Crippen molar-refractivity contribution in [3.05, 3.63) is 23.9 Å². The van der Waals surface area contributed by atoms with Gasteiger partial charge in [0.05, 0.1) is 6.54 Å². The van der Waals surface area contributed by atoms with E-state index in [1.54, 1.807) is 0 Å². The zero-order valence-electron chi connectivity index (χ0n) is 17.3. The molecule has 3 aliphatic rings. The maximum Gasteiger partial charge on any atom is 0.220 e. The van der Waals surface area contributed by atoms with Gasteiger partial charge in [0, 0.05) is 57.3 Å². The first-order chi connectivity index (χ1) is 13.7. The number of aromatic nitrogens is 1. The first-order valence-electron chi connectivity index (χ1n) is 10.7. The molecule has 0 radical (unpaired) electrons. The molecule has 1 aromatic heterocycles. The molecule has 3 saturated heterocycles. The number of anilines is 1. The van der Waals surface area contributed by atoms with E-state index in [0.717, 1.165) is 63.9 Å². The number of pyridine rings is 1. The predicted octanol–water partition coefficient (Wildman–Crippen LogP) is 2.37. The monoisotopic (exact) mass is 512 g/mol. The molecule has 8 heteroatoms. The summed E-state index contributed by atoms with van der Waals surface area (Å²) in [5.41, 5.74) is 1.27. The molecule has 3 aliphatic heterocycles. The average molecular weight is 512 g/mol. The van der Waals surface area contributed by atoms with Gasteiger partial charge in [0.2, 0.25) is 5.91 Å². The molecule has 1 aromatic rings. The van der Waals surface area contributed by atoms with Crippen LogP contribution in [0.4, 0.5) is 5.82 Å². The molecule has 1 unspecified atom stereocenters. The van der Waals surface area contributed by atoms with Gasteiger partial charge in [-0.25, -0.2) is 9.98 Å². The van der Waals surface area contributed by atoms with Crippen LogP contribution in [0.1, 0.15) is 44.6 Å². The highest BCUT2D eigenvalue weighted by Gasteiger charge is 2.42. The van der Waals surface area contributed by atoms with Crippen molar-refractivity contribution < 1.29 is 4.79 Å². The van der Waals surface area contributed by atoms with Crippen molar-refractivity contribution in [1.29, 1.82) is 0 Å². The highest BCUT2D eigenvalue weighted by Crippen LogP contribution is 2.36. The minimum absolute atomic E-state index is 0. The first-order valence-corrected chi connectivity index (χ1v) is 10.7. The molecular formula is C21H33IN6O. The Morgan fingerprint density at radius 1 is 1.31 bits per heavy atom. The van der Waals surface area contributed by atoms with Crippen LogP contribution in [-0.2, 0) is 11.3 Å². The Balaban J connectivity index is 0.00000240. The van der Waals surface area contributed by atoms with Gasteiger partial charge in [-0.05, 0) is 50.3 Å². The predicted molar refractivity (Wildman–Crippen MR) is 127 cm³/mol. The lowest BCUT2D eigenvalue weighted by molar-refractivity contribution is -0.119. The highest BCUT2D eigenvalue weighted by molar-refractivity contribution is 14.0. The fourth-order valence-electron chi connectivity index (χ4n) is 4.70. The Kier molecular flexibility index (Phi) is 7.59. The van der Waals surface area contributed by atoms with E-state index in [1.165, 1.54) is 18.4 Å². The second-order valence-electron chi connectivity index (χ2n) is 8.37. The second kappa shape index (κ2) is 9.95. The summed E-state index contributed by atoms with van der Waals surface area (Å²) in [4.78, 5) is 26.0. The molecule has 4 rings (SSSR count). The molecule has 1 atom stereocenters. The minimum Gasteiger partial charge on any atom is -0.357 e. The lowest BCUT2D eigenvalue weighted by atomic mass is 9.79. The third-order valence-electron chi connectivity index (χ3n) is 6.14. The van der Waals surface area contributed by atoms with Gasteiger partial charge >= 0.3 is 0 Å². The van der Waals surface area contributed by atoms with Crippen molar-refractivity contribution in [2.24, 2.45) is 10.4 Å². The number of hydrogen-bond donors (Lipinski definition) is 2. The maximum absolute atomic E-state index is 11.8. The summed E-state index contributed by atoms with van der Waals surface area (Å²) in [7, 11) is 0. The van der Waals surface area contributed by atoms with Gasteiger partial charge in [-0.3, -0.25) is 4.79 Å². The molecule has 160 valence electrons. The number of guanidine groups is 1. The number of nitrogens with zero attached hydrogens (tertiary/aromatic N) is 4. The van der Waals surface area contributed by atoms with Crippen molar-refractivity contribution >= 4 is 41.7 Å². The van der Waals surface area contributed by atoms with Crippen LogP contribution in [0.3, 0.4) is 0 Å². The average Bonchev–Trinajstić information content (AvgIpc) is 3.36. The van der Waals surface area contributed by atoms with E-state index in [0.29, 0.717) is 13.0 Å². The summed E-state index contributed by atoms with van der Waals surface area (Å²) in [5.74, 6) is 2.22. The Labute approximate surface area is 190 Å². The van der Waals surface area contributed by atoms with Crippen molar-refractivity contribution in [1.82, 2.24) is 20.5 Å². The normalized spacial score (nSPS) is 24.6. The van der Waals surface area contributed by atoms with Gasteiger partial charge in [-0.2, -0.15) is 0 Å². The second-order valence-corrected chi connectivity index (χ2v) is 8.37. The number of halogens is 1. The molecule has 0 bridgehead atoms. The van der Waals surface area contributed by atoms with Gasteiger partial charge in [-0.1, -0.05) is 0 Å². The zero-order chi connectivity index (χ0) is 19.4. The molecule has 4 heterocycles. The van der Waals surface area contributed by atoms with Gasteiger partial charge in [0.25, 0.3) is 0 Å². The fraction of sp³-hybridized carbons (Fsp3) is 0.667. The van der Waals surface area contributed by atoms with E-state index in [4.69, 9.17) is 4.99 Å². The van der Waals surface area contributed by atoms with Gasteiger partial charge < -0.3 is 20.4 Å². The molecule has 7 nitrogen and oxygen atoms in total. The first kappa shape index (κ1) is 22.1. The van der Waals surface area contributed by atoms with Gasteiger partial charge in [0.1, 0.15) is 5.82 Å². The van der Waals surface area contributed by atoms with E-state index >= 15 is 0 Å². The molecule has 0 aromatic carbocycles. The van der Waals surface area contributed by atoms with Crippen molar-refractivity contribution in [3.8, 4) is 0 Å². The molecule has 1 spiro atoms. The Hall–Kier alpha value is -1.58. The number of aliphatic imine (C=N–C) groups is 1. The van der Waals surface area contributed by atoms with E-state index < -0.39 is 0 Å². The van der Waals surface area contributed by atoms with Crippen LogP contribution in [0.2, 0.25) is 0 Å². The molecule has 0 aliphatic carbocycles. The molecular weight excluding hydrogens is 479 g/mol. The third kappa shape index (κ3) is 5.32. The van der Waals surface area contributed by atoms with Crippen LogP contribution < -0.4 is 15.5 Å². The van der Waals surface area contributed by atoms with E-state index in [1.807, 2.05) is 6.20 Å². The quantitative estimate of drug-likeness (QED) is 0.368. The molecule has 29 heavy (non-hydrogen) atoms. The summed E-state index contributed by atoms with van der Waals surface area (Å²) in [5, 5.41) is 6.48. The van der Waals surface area contributed by atoms with Gasteiger partial charge in [0.15, 0.2) is 5.96 Å². The Bertz CT molecular complexity index is 736. The number of carbonyl (C=O) groups excluding carboxylic acids is 1. The fourth-order valence-corrected chi connectivity index (χ4v) is 4.70. The summed E-state index contributed by atoms with van der Waals surface area (Å²) >= 11 is 0. The minimum atomic E-state index is 0. The van der Waals surface area contributed by atoms with Crippen LogP contribution in [0.25, 0.3) is 0 Å². The Morgan fingerprint density at radius 3 is 2.86 bits per heavy atom. The maximum atomic E-state index is 11.8. The van der Waals surface area contributed by atoms with Crippen LogP contribution >= 0.6 is 24.0 Å². The topological polar surface area (TPSA) is 72.9 Å². The largest absolute Gasteiger partial charge is 0.357 e. The summed E-state index contributed by atoms with van der Waals surface area (Å²) in [6, 6.07) is 4.24. The Morgan fingerprint density at radius 2 is 2.14 bits per heavy atom. The van der Waals surface area contributed by atoms with Crippen LogP contribution in [0.5, 0.6) is 0 Å². The SMILES string of the molecule is CCNC(=NCc1ccnc(N2CCCC2)c1)N1CCCC2(CNC(=O)C2)C1.I. The van der Waals surface area contributed by atoms with Crippen molar-refractivity contribution in [3.63, 3.8) is 0 Å². The van der Waals surface area contributed by atoms with Crippen LogP contribution in [-0.4, -0.2) is 61.0 Å². The number of likely N-dealkylation sites (tertiary alicyclic amines) is 1. The summed E-state index contributed by atoms with van der Waals surface area (Å²) in [6.45, 7) is 8.49. The molecule has 0 saturated carbocycles. The standard InChI is InChI=1S/C21H32N6O.HI/c1-2-22-20(27-11-5-7-21(16-27)13-19(28)25-15-21)24-14-17-6-8-23-18(12-17)26-9-3-4-10-26;/h6,8,12H,2-5,7,9-11,13-16H2,1H3,(H,22,24)(H,25,28);1H. The number of piperidine rings is 1. The van der Waals surface area contributed by atoms with E-state index in [9.17, 15) is 4.79 Å². The van der Waals surface area contributed by atoms with Crippen LogP contribution in [0, 0.1) is 5.41 Å². The lowest BCUT2D eigenvalue weighted by Gasteiger charge is -2.40. The lowest BCUT2D eigenvalue weighted by Crippen LogP contribution is -2.51. The highest BCUT2D eigenvalue weighted by atomic mass is 127. The smallest absolute Gasteiger partial charge is 0.220 e. The van der Waals surface area contributed by atoms with Crippen LogP contribution in [0.15, 0.2) is 23.3 Å². The number of amides is 1. The van der Waals surface area contributed by atoms with E-state index in [-0.39, 0.29) is 35.3 Å². The van der Waals surface area contributed by atoms with E-state index in [2.05, 4.69) is 44.5 Å². The van der Waals surface area contributed by atoms with Gasteiger partial charge in [-0.15, -0.1) is 24.0 Å². The zero-order valence-corrected chi connectivity index (χ0v) is 19.7. The summed E-state index contributed by atoms with van der Waals surface area (Å²) in [6.07, 6.45) is 7.27. The number of nitrogens with one attached hydrogen (secondary N) is 2. The molecule has 2 N–H and O–H groups in total. The van der Waals surface area contributed by atoms with Crippen molar-refractivity contribution in [2.75, 3.05) is 44.2 Å². The number of rotatable bonds is 4.